The van der Waals surface area contributed by atoms with Crippen molar-refractivity contribution in [2.45, 2.75) is 63.4 Å². The molecule has 3 heterocycles. The van der Waals surface area contributed by atoms with Gasteiger partial charge < -0.3 is 4.31 Å². The van der Waals surface area contributed by atoms with Crippen LogP contribution >= 0.6 is 23.5 Å². The van der Waals surface area contributed by atoms with Crippen LogP contribution in [-0.2, 0) is 6.54 Å². The lowest BCUT2D eigenvalue weighted by atomic mass is 10.0. The second kappa shape index (κ2) is 11.8. The Kier molecular flexibility index (Phi) is 8.49. The van der Waals surface area contributed by atoms with Crippen LogP contribution in [0.15, 0.2) is 58.7 Å². The van der Waals surface area contributed by atoms with E-state index >= 15 is 0 Å². The number of rotatable bonds is 9. The van der Waals surface area contributed by atoms with E-state index in [1.165, 1.54) is 25.9 Å². The molecule has 5 rings (SSSR count). The van der Waals surface area contributed by atoms with Crippen molar-refractivity contribution < 1.29 is 8.78 Å². The number of hydrogen-bond donors (Lipinski definition) is 0. The Morgan fingerprint density at radius 3 is 2.41 bits per heavy atom. The summed E-state index contributed by atoms with van der Waals surface area (Å²) in [6.07, 6.45) is -0.105. The molecule has 0 aromatic heterocycles. The smallest absolute Gasteiger partial charge is 0.278 e. The minimum absolute atomic E-state index is 0.108. The molecule has 0 bridgehead atoms. The first-order valence-corrected chi connectivity index (χ1v) is 14.3. The third kappa shape index (κ3) is 6.53. The molecule has 0 atom stereocenters. The maximum atomic E-state index is 12.9. The van der Waals surface area contributed by atoms with Crippen molar-refractivity contribution in [3.05, 3.63) is 64.7 Å². The highest BCUT2D eigenvalue weighted by molar-refractivity contribution is 8.01. The molecule has 2 aromatic rings. The highest BCUT2D eigenvalue weighted by Crippen LogP contribution is 2.35. The molecule has 3 aliphatic rings. The molecule has 5 nitrogen and oxygen atoms in total. The Morgan fingerprint density at radius 2 is 1.78 bits per heavy atom. The number of likely N-dealkylation sites (tertiary alicyclic amines) is 2. The van der Waals surface area contributed by atoms with E-state index in [1.54, 1.807) is 0 Å². The first kappa shape index (κ1) is 26.6. The Hall–Kier alpha value is -2.00. The summed E-state index contributed by atoms with van der Waals surface area (Å²) in [4.78, 5) is 5.22. The van der Waals surface area contributed by atoms with Gasteiger partial charge in [0.25, 0.3) is 6.43 Å². The van der Waals surface area contributed by atoms with Gasteiger partial charge >= 0.3 is 0 Å². The summed E-state index contributed by atoms with van der Waals surface area (Å²) in [7, 11) is 0. The second-order valence-electron chi connectivity index (χ2n) is 10.4. The Bertz CT molecular complexity index is 1130. The predicted molar refractivity (Wildman–Crippen MR) is 151 cm³/mol. The first-order chi connectivity index (χ1) is 17.9. The molecule has 0 radical (unpaired) electrons. The fraction of sp³-hybridized carbons (Fsp3) is 0.500. The molecule has 0 aliphatic carbocycles. The number of anilines is 1. The average Bonchev–Trinajstić information content (AvgIpc) is 3.35. The number of piperidine rings is 1. The van der Waals surface area contributed by atoms with Gasteiger partial charge in [0.1, 0.15) is 5.71 Å². The van der Waals surface area contributed by atoms with Crippen molar-refractivity contribution in [3.63, 3.8) is 0 Å². The van der Waals surface area contributed by atoms with Crippen molar-refractivity contribution in [1.82, 2.24) is 9.80 Å². The van der Waals surface area contributed by atoms with Crippen molar-refractivity contribution in [2.24, 2.45) is 10.2 Å². The molecule has 9 heteroatoms. The maximum absolute atomic E-state index is 12.9. The standard InChI is InChI=1S/C28H34ClF2N5S/c1-19(2)35-17-24(18-35)34-12-10-25(11-13-34)37-36(23-5-3-4-22(29)14-23)16-20-6-8-21(9-7-20)26-15-27(28(30)31)33-32-26/h3-9,14,19,24-25,28H,10-13,15-18H2,1-2H3. The van der Waals surface area contributed by atoms with Crippen LogP contribution in [0.2, 0.25) is 5.02 Å². The molecular weight excluding hydrogens is 512 g/mol. The van der Waals surface area contributed by atoms with Gasteiger partial charge in [0.15, 0.2) is 0 Å². The van der Waals surface area contributed by atoms with Crippen LogP contribution in [0.4, 0.5) is 14.5 Å². The van der Waals surface area contributed by atoms with Crippen LogP contribution in [0.25, 0.3) is 0 Å². The number of halogens is 3. The zero-order valence-electron chi connectivity index (χ0n) is 21.4. The zero-order valence-corrected chi connectivity index (χ0v) is 22.9. The summed E-state index contributed by atoms with van der Waals surface area (Å²) < 4.78 is 28.2. The van der Waals surface area contributed by atoms with Crippen LogP contribution in [0.3, 0.4) is 0 Å². The van der Waals surface area contributed by atoms with Crippen LogP contribution < -0.4 is 4.31 Å². The number of alkyl halides is 2. The molecule has 2 aromatic carbocycles. The molecule has 0 saturated carbocycles. The Balaban J connectivity index is 1.21. The van der Waals surface area contributed by atoms with Gasteiger partial charge in [0.2, 0.25) is 0 Å². The maximum Gasteiger partial charge on any atom is 0.278 e. The van der Waals surface area contributed by atoms with E-state index < -0.39 is 6.43 Å². The van der Waals surface area contributed by atoms with Crippen LogP contribution in [-0.4, -0.2) is 71.2 Å². The number of nitrogens with zero attached hydrogens (tertiary/aromatic N) is 5. The van der Waals surface area contributed by atoms with E-state index in [4.69, 9.17) is 11.6 Å². The summed E-state index contributed by atoms with van der Waals surface area (Å²) in [6, 6.07) is 17.4. The molecule has 0 amide bonds. The third-order valence-corrected chi connectivity index (χ3v) is 9.10. The molecule has 2 saturated heterocycles. The SMILES string of the molecule is CC(C)N1CC(N2CCC(SN(Cc3ccc(C4=NN=C(C(F)F)C4)cc3)c3cccc(Cl)c3)CC2)C1. The average molecular weight is 546 g/mol. The quantitative estimate of drug-likeness (QED) is 0.343. The molecule has 0 N–H and O–H groups in total. The van der Waals surface area contributed by atoms with E-state index in [1.807, 2.05) is 42.3 Å². The lowest BCUT2D eigenvalue weighted by Crippen LogP contribution is -2.62. The Labute approximate surface area is 227 Å². The molecular formula is C28H34ClF2N5S. The Morgan fingerprint density at radius 1 is 1.05 bits per heavy atom. The highest BCUT2D eigenvalue weighted by atomic mass is 35.5. The van der Waals surface area contributed by atoms with E-state index in [2.05, 4.69) is 56.4 Å². The van der Waals surface area contributed by atoms with Gasteiger partial charge in [-0.2, -0.15) is 10.2 Å². The summed E-state index contributed by atoms with van der Waals surface area (Å²) in [5.74, 6) is 0. The van der Waals surface area contributed by atoms with Crippen molar-refractivity contribution >= 4 is 40.7 Å². The van der Waals surface area contributed by atoms with Gasteiger partial charge in [-0.05, 0) is 81.1 Å². The fourth-order valence-electron chi connectivity index (χ4n) is 5.10. The van der Waals surface area contributed by atoms with Crippen molar-refractivity contribution in [1.29, 1.82) is 0 Å². The molecule has 0 unspecified atom stereocenters. The van der Waals surface area contributed by atoms with Gasteiger partial charge in [0, 0.05) is 47.6 Å². The highest BCUT2D eigenvalue weighted by Gasteiger charge is 2.35. The summed E-state index contributed by atoms with van der Waals surface area (Å²) in [6.45, 7) is 9.97. The van der Waals surface area contributed by atoms with Gasteiger partial charge in [-0.3, -0.25) is 9.80 Å². The molecule has 198 valence electrons. The topological polar surface area (TPSA) is 34.4 Å². The molecule has 2 fully saturated rings. The van der Waals surface area contributed by atoms with Crippen LogP contribution in [0, 0.1) is 0 Å². The van der Waals surface area contributed by atoms with Gasteiger partial charge in [-0.25, -0.2) is 8.78 Å². The van der Waals surface area contributed by atoms with Crippen LogP contribution in [0.5, 0.6) is 0 Å². The summed E-state index contributed by atoms with van der Waals surface area (Å²) in [5.41, 5.74) is 3.50. The van der Waals surface area contributed by atoms with E-state index in [0.717, 1.165) is 41.5 Å². The fourth-order valence-corrected chi connectivity index (χ4v) is 6.53. The molecule has 3 aliphatic heterocycles. The molecule has 0 spiro atoms. The number of benzene rings is 2. The first-order valence-electron chi connectivity index (χ1n) is 13.0. The predicted octanol–water partition coefficient (Wildman–Crippen LogP) is 6.37. The zero-order chi connectivity index (χ0) is 25.9. The molecule has 37 heavy (non-hydrogen) atoms. The van der Waals surface area contributed by atoms with Gasteiger partial charge in [-0.1, -0.05) is 41.9 Å². The number of hydrogen-bond acceptors (Lipinski definition) is 6. The van der Waals surface area contributed by atoms with Gasteiger partial charge in [-0.15, -0.1) is 0 Å². The normalized spacial score (nSPS) is 19.9. The lowest BCUT2D eigenvalue weighted by Gasteiger charge is -2.49. The van der Waals surface area contributed by atoms with Crippen molar-refractivity contribution in [2.75, 3.05) is 30.5 Å². The minimum atomic E-state index is -2.56. The van der Waals surface area contributed by atoms with Crippen LogP contribution in [0.1, 0.15) is 44.2 Å². The van der Waals surface area contributed by atoms with E-state index in [-0.39, 0.29) is 12.1 Å². The van der Waals surface area contributed by atoms with Crippen molar-refractivity contribution in [3.8, 4) is 0 Å². The monoisotopic (exact) mass is 545 g/mol. The summed E-state index contributed by atoms with van der Waals surface area (Å²) in [5, 5.41) is 8.88. The lowest BCUT2D eigenvalue weighted by molar-refractivity contribution is 0.00610. The largest absolute Gasteiger partial charge is 0.312 e. The third-order valence-electron chi connectivity index (χ3n) is 7.50. The minimum Gasteiger partial charge on any atom is -0.312 e. The second-order valence-corrected chi connectivity index (χ2v) is 12.1. The van der Waals surface area contributed by atoms with E-state index in [9.17, 15) is 8.78 Å². The summed E-state index contributed by atoms with van der Waals surface area (Å²) >= 11 is 8.26. The van der Waals surface area contributed by atoms with Gasteiger partial charge in [0.05, 0.1) is 12.3 Å². The van der Waals surface area contributed by atoms with E-state index in [0.29, 0.717) is 23.0 Å².